The number of halogens is 4. The van der Waals surface area contributed by atoms with Gasteiger partial charge in [0.2, 0.25) is 6.41 Å². The highest BCUT2D eigenvalue weighted by atomic mass is 35.5. The fraction of sp³-hybridized carbons (Fsp3) is 0.231. The van der Waals surface area contributed by atoms with Crippen LogP contribution in [-0.4, -0.2) is 26.9 Å². The van der Waals surface area contributed by atoms with Crippen LogP contribution in [0.4, 0.5) is 13.2 Å². The minimum atomic E-state index is -4.54. The standard InChI is InChI=1S/C13H11ClF3N5O/c1-8(22-5-4-11(21-22)13(15,16)17)12(20-19-7-23)10-3-2-9(14)6-18-10/h2-8H,1H3,(H,19,23). The summed E-state index contributed by atoms with van der Waals surface area (Å²) in [6.07, 6.45) is -1.65. The SMILES string of the molecule is CC(C(=NNC=O)c1ccc(Cl)cn1)n1ccc(C(F)(F)F)n1. The normalized spacial score (nSPS) is 13.7. The van der Waals surface area contributed by atoms with E-state index in [1.54, 1.807) is 13.0 Å². The van der Waals surface area contributed by atoms with E-state index in [4.69, 9.17) is 11.6 Å². The van der Waals surface area contributed by atoms with E-state index in [-0.39, 0.29) is 5.71 Å². The molecule has 6 nitrogen and oxygen atoms in total. The van der Waals surface area contributed by atoms with Crippen molar-refractivity contribution in [2.45, 2.75) is 19.1 Å². The van der Waals surface area contributed by atoms with Gasteiger partial charge in [0.05, 0.1) is 16.8 Å². The highest BCUT2D eigenvalue weighted by molar-refractivity contribution is 6.30. The van der Waals surface area contributed by atoms with E-state index in [1.165, 1.54) is 18.5 Å². The van der Waals surface area contributed by atoms with E-state index in [0.717, 1.165) is 10.7 Å². The molecule has 0 bridgehead atoms. The van der Waals surface area contributed by atoms with Crippen LogP contribution in [0.2, 0.25) is 5.02 Å². The van der Waals surface area contributed by atoms with Crippen LogP contribution in [-0.2, 0) is 11.0 Å². The number of hydrogen-bond acceptors (Lipinski definition) is 4. The molecule has 2 heterocycles. The molecule has 1 atom stereocenters. The number of nitrogens with one attached hydrogen (secondary N) is 1. The van der Waals surface area contributed by atoms with Crippen LogP contribution >= 0.6 is 11.6 Å². The summed E-state index contributed by atoms with van der Waals surface area (Å²) < 4.78 is 39.0. The fourth-order valence-corrected chi connectivity index (χ4v) is 1.93. The molecule has 0 aliphatic rings. The minimum Gasteiger partial charge on any atom is -0.277 e. The smallest absolute Gasteiger partial charge is 0.277 e. The van der Waals surface area contributed by atoms with Crippen LogP contribution in [0.5, 0.6) is 0 Å². The highest BCUT2D eigenvalue weighted by Gasteiger charge is 2.34. The van der Waals surface area contributed by atoms with Crippen molar-refractivity contribution in [3.8, 4) is 0 Å². The zero-order valence-corrected chi connectivity index (χ0v) is 12.5. The summed E-state index contributed by atoms with van der Waals surface area (Å²) in [5.41, 5.74) is 1.68. The molecule has 2 rings (SSSR count). The average Bonchev–Trinajstić information content (AvgIpc) is 2.99. The van der Waals surface area contributed by atoms with Crippen molar-refractivity contribution in [2.24, 2.45) is 5.10 Å². The largest absolute Gasteiger partial charge is 0.435 e. The van der Waals surface area contributed by atoms with Crippen molar-refractivity contribution in [3.05, 3.63) is 47.0 Å². The molecule has 122 valence electrons. The summed E-state index contributed by atoms with van der Waals surface area (Å²) in [5, 5.41) is 7.73. The van der Waals surface area contributed by atoms with Gasteiger partial charge in [-0.15, -0.1) is 0 Å². The topological polar surface area (TPSA) is 72.2 Å². The van der Waals surface area contributed by atoms with Gasteiger partial charge >= 0.3 is 6.18 Å². The Bertz CT molecular complexity index is 711. The van der Waals surface area contributed by atoms with Gasteiger partial charge in [0.25, 0.3) is 0 Å². The quantitative estimate of drug-likeness (QED) is 0.514. The Balaban J connectivity index is 2.37. The minimum absolute atomic E-state index is 0.227. The zero-order valence-electron chi connectivity index (χ0n) is 11.8. The lowest BCUT2D eigenvalue weighted by atomic mass is 10.1. The molecule has 0 aliphatic carbocycles. The van der Waals surface area contributed by atoms with Gasteiger partial charge in [-0.05, 0) is 25.1 Å². The lowest BCUT2D eigenvalue weighted by Crippen LogP contribution is -2.23. The third-order valence-corrected chi connectivity index (χ3v) is 3.14. The number of hydrazone groups is 1. The first-order valence-corrected chi connectivity index (χ1v) is 6.71. The summed E-state index contributed by atoms with van der Waals surface area (Å²) in [6, 6.07) is 3.25. The first-order chi connectivity index (χ1) is 10.8. The van der Waals surface area contributed by atoms with Crippen molar-refractivity contribution < 1.29 is 18.0 Å². The number of nitrogens with zero attached hydrogens (tertiary/aromatic N) is 4. The average molecular weight is 346 g/mol. The first kappa shape index (κ1) is 16.9. The van der Waals surface area contributed by atoms with Crippen LogP contribution in [0.3, 0.4) is 0 Å². The van der Waals surface area contributed by atoms with E-state index in [9.17, 15) is 18.0 Å². The lowest BCUT2D eigenvalue weighted by Gasteiger charge is -2.15. The Hall–Kier alpha value is -2.42. The van der Waals surface area contributed by atoms with E-state index in [2.05, 4.69) is 20.6 Å². The Morgan fingerprint density at radius 2 is 2.17 bits per heavy atom. The number of rotatable bonds is 5. The number of amides is 1. The van der Waals surface area contributed by atoms with Crippen LogP contribution in [0.1, 0.15) is 24.4 Å². The molecule has 2 aromatic rings. The van der Waals surface area contributed by atoms with E-state index in [0.29, 0.717) is 17.1 Å². The molecule has 1 amide bonds. The van der Waals surface area contributed by atoms with Crippen molar-refractivity contribution >= 4 is 23.7 Å². The zero-order chi connectivity index (χ0) is 17.0. The molecule has 2 aromatic heterocycles. The molecule has 0 aromatic carbocycles. The monoisotopic (exact) mass is 345 g/mol. The number of pyridine rings is 1. The second-order valence-electron chi connectivity index (χ2n) is 4.46. The maximum atomic E-state index is 12.6. The Morgan fingerprint density at radius 3 is 2.70 bits per heavy atom. The van der Waals surface area contributed by atoms with Gasteiger partial charge in [-0.25, -0.2) is 5.43 Å². The van der Waals surface area contributed by atoms with Crippen LogP contribution < -0.4 is 5.43 Å². The van der Waals surface area contributed by atoms with Gasteiger partial charge in [0.1, 0.15) is 5.71 Å². The van der Waals surface area contributed by atoms with Crippen molar-refractivity contribution in [2.75, 3.05) is 0 Å². The third kappa shape index (κ3) is 4.07. The summed E-state index contributed by atoms with van der Waals surface area (Å²) in [5.74, 6) is 0. The van der Waals surface area contributed by atoms with Crippen LogP contribution in [0.25, 0.3) is 0 Å². The Kier molecular flexibility index (Phi) is 4.99. The lowest BCUT2D eigenvalue weighted by molar-refractivity contribution is -0.141. The van der Waals surface area contributed by atoms with E-state index >= 15 is 0 Å². The van der Waals surface area contributed by atoms with Gasteiger partial charge in [-0.3, -0.25) is 14.5 Å². The number of carbonyl (C=O) groups excluding carboxylic acids is 1. The second kappa shape index (κ2) is 6.78. The van der Waals surface area contributed by atoms with E-state index < -0.39 is 17.9 Å². The molecule has 0 saturated carbocycles. The number of carbonyl (C=O) groups is 1. The molecular formula is C13H11ClF3N5O. The summed E-state index contributed by atoms with van der Waals surface area (Å²) in [4.78, 5) is 14.5. The summed E-state index contributed by atoms with van der Waals surface area (Å²) >= 11 is 5.75. The molecule has 10 heteroatoms. The first-order valence-electron chi connectivity index (χ1n) is 6.34. The van der Waals surface area contributed by atoms with Gasteiger partial charge in [0, 0.05) is 12.4 Å². The predicted molar refractivity (Wildman–Crippen MR) is 76.9 cm³/mol. The fourth-order valence-electron chi connectivity index (χ4n) is 1.82. The third-order valence-electron chi connectivity index (χ3n) is 2.92. The van der Waals surface area contributed by atoms with Gasteiger partial charge < -0.3 is 0 Å². The van der Waals surface area contributed by atoms with Gasteiger partial charge in [-0.1, -0.05) is 11.6 Å². The number of alkyl halides is 3. The second-order valence-corrected chi connectivity index (χ2v) is 4.90. The molecule has 0 fully saturated rings. The maximum Gasteiger partial charge on any atom is 0.435 e. The number of hydrogen-bond donors (Lipinski definition) is 1. The van der Waals surface area contributed by atoms with Crippen LogP contribution in [0, 0.1) is 0 Å². The molecule has 1 unspecified atom stereocenters. The van der Waals surface area contributed by atoms with E-state index in [1.807, 2.05) is 0 Å². The Labute approximate surface area is 134 Å². The molecule has 1 N–H and O–H groups in total. The van der Waals surface area contributed by atoms with Gasteiger partial charge in [-0.2, -0.15) is 23.4 Å². The molecule has 0 aliphatic heterocycles. The molecule has 23 heavy (non-hydrogen) atoms. The highest BCUT2D eigenvalue weighted by Crippen LogP contribution is 2.28. The maximum absolute atomic E-state index is 12.6. The van der Waals surface area contributed by atoms with Crippen molar-refractivity contribution in [1.82, 2.24) is 20.2 Å². The molecule has 0 spiro atoms. The van der Waals surface area contributed by atoms with Crippen molar-refractivity contribution in [1.29, 1.82) is 0 Å². The molecule has 0 saturated heterocycles. The molecule has 0 radical (unpaired) electrons. The summed E-state index contributed by atoms with van der Waals surface area (Å²) in [7, 11) is 0. The molecular weight excluding hydrogens is 335 g/mol. The van der Waals surface area contributed by atoms with Crippen LogP contribution in [0.15, 0.2) is 35.7 Å². The van der Waals surface area contributed by atoms with Gasteiger partial charge in [0.15, 0.2) is 5.69 Å². The number of aromatic nitrogens is 3. The predicted octanol–water partition coefficient (Wildman–Crippen LogP) is 2.66. The van der Waals surface area contributed by atoms with Crippen molar-refractivity contribution in [3.63, 3.8) is 0 Å². The summed E-state index contributed by atoms with van der Waals surface area (Å²) in [6.45, 7) is 1.58. The Morgan fingerprint density at radius 1 is 1.43 bits per heavy atom.